The molecule has 116 valence electrons. The van der Waals surface area contributed by atoms with Gasteiger partial charge in [-0.15, -0.1) is 0 Å². The lowest BCUT2D eigenvalue weighted by Gasteiger charge is -2.26. The first-order valence-electron chi connectivity index (χ1n) is 8.02. The summed E-state index contributed by atoms with van der Waals surface area (Å²) >= 11 is 0. The molecular weight excluding hydrogens is 262 g/mol. The second-order valence-electron chi connectivity index (χ2n) is 5.89. The zero-order chi connectivity index (χ0) is 15.1. The lowest BCUT2D eigenvalue weighted by molar-refractivity contribution is -0.116. The molecule has 2 rings (SSSR count). The molecule has 0 bridgehead atoms. The summed E-state index contributed by atoms with van der Waals surface area (Å²) in [6.45, 7) is 4.68. The Kier molecular flexibility index (Phi) is 6.21. The average molecular weight is 289 g/mol. The van der Waals surface area contributed by atoms with E-state index in [4.69, 9.17) is 5.73 Å². The van der Waals surface area contributed by atoms with Crippen molar-refractivity contribution in [1.82, 2.24) is 4.90 Å². The lowest BCUT2D eigenvalue weighted by Crippen LogP contribution is -2.35. The molecule has 0 radical (unpaired) electrons. The summed E-state index contributed by atoms with van der Waals surface area (Å²) in [5, 5.41) is 2.99. The Labute approximate surface area is 127 Å². The number of nitrogens with two attached hydrogens (primary N) is 1. The van der Waals surface area contributed by atoms with Crippen LogP contribution in [0.5, 0.6) is 0 Å². The first kappa shape index (κ1) is 16.0. The molecule has 1 amide bonds. The van der Waals surface area contributed by atoms with Crippen LogP contribution in [0.15, 0.2) is 24.3 Å². The number of hydrogen-bond donors (Lipinski definition) is 2. The molecule has 4 nitrogen and oxygen atoms in total. The zero-order valence-electron chi connectivity index (χ0n) is 13.0. The average Bonchev–Trinajstić information content (AvgIpc) is 2.70. The highest BCUT2D eigenvalue weighted by molar-refractivity contribution is 5.91. The number of rotatable bonds is 5. The van der Waals surface area contributed by atoms with Crippen LogP contribution in [0.25, 0.3) is 0 Å². The maximum Gasteiger partial charge on any atom is 0.225 e. The smallest absolute Gasteiger partial charge is 0.225 e. The van der Waals surface area contributed by atoms with Crippen molar-refractivity contribution in [3.8, 4) is 0 Å². The molecule has 0 aliphatic carbocycles. The van der Waals surface area contributed by atoms with E-state index in [9.17, 15) is 4.79 Å². The van der Waals surface area contributed by atoms with E-state index in [1.807, 2.05) is 24.3 Å². The summed E-state index contributed by atoms with van der Waals surface area (Å²) < 4.78 is 0. The second-order valence-corrected chi connectivity index (χ2v) is 5.89. The van der Waals surface area contributed by atoms with Crippen molar-refractivity contribution in [3.63, 3.8) is 0 Å². The third kappa shape index (κ3) is 4.83. The molecule has 1 aromatic carbocycles. The molecule has 0 spiro atoms. The van der Waals surface area contributed by atoms with Gasteiger partial charge in [-0.3, -0.25) is 4.79 Å². The predicted molar refractivity (Wildman–Crippen MR) is 87.1 cm³/mol. The molecular formula is C17H27N3O. The molecule has 1 fully saturated rings. The molecule has 3 N–H and O–H groups in total. The molecule has 4 heteroatoms. The van der Waals surface area contributed by atoms with Crippen molar-refractivity contribution in [1.29, 1.82) is 0 Å². The monoisotopic (exact) mass is 289 g/mol. The predicted octanol–water partition coefficient (Wildman–Crippen LogP) is 2.74. The number of anilines is 1. The molecule has 1 heterocycles. The molecule has 1 atom stereocenters. The molecule has 1 aliphatic heterocycles. The highest BCUT2D eigenvalue weighted by Gasteiger charge is 2.17. The fourth-order valence-electron chi connectivity index (χ4n) is 2.94. The normalized spacial score (nSPS) is 20.0. The highest BCUT2D eigenvalue weighted by Crippen LogP contribution is 2.17. The lowest BCUT2D eigenvalue weighted by atomic mass is 10.1. The standard InChI is InChI=1S/C17H27N3O/c1-14-7-3-2-6-11-20(14)12-10-17(21)19-16-9-5-4-8-15(16)13-18/h4-5,8-9,14H,2-3,6-7,10-13,18H2,1H3,(H,19,21). The Balaban J connectivity index is 1.84. The molecule has 1 aliphatic rings. The molecule has 0 saturated carbocycles. The molecule has 0 aromatic heterocycles. The van der Waals surface area contributed by atoms with E-state index in [2.05, 4.69) is 17.1 Å². The number of benzene rings is 1. The van der Waals surface area contributed by atoms with Gasteiger partial charge in [0, 0.05) is 31.2 Å². The van der Waals surface area contributed by atoms with Crippen LogP contribution in [-0.4, -0.2) is 29.9 Å². The number of carbonyl (C=O) groups excluding carboxylic acids is 1. The van der Waals surface area contributed by atoms with Gasteiger partial charge < -0.3 is 16.0 Å². The van der Waals surface area contributed by atoms with Gasteiger partial charge in [0.05, 0.1) is 0 Å². The number of carbonyl (C=O) groups is 1. The number of para-hydroxylation sites is 1. The summed E-state index contributed by atoms with van der Waals surface area (Å²) in [7, 11) is 0. The van der Waals surface area contributed by atoms with E-state index in [0.29, 0.717) is 19.0 Å². The highest BCUT2D eigenvalue weighted by atomic mass is 16.1. The number of nitrogens with one attached hydrogen (secondary N) is 1. The number of amides is 1. The van der Waals surface area contributed by atoms with Crippen molar-refractivity contribution in [3.05, 3.63) is 29.8 Å². The summed E-state index contributed by atoms with van der Waals surface area (Å²) in [4.78, 5) is 14.6. The molecule has 1 aromatic rings. The Morgan fingerprint density at radius 2 is 2.14 bits per heavy atom. The third-order valence-electron chi connectivity index (χ3n) is 4.33. The first-order chi connectivity index (χ1) is 10.2. The topological polar surface area (TPSA) is 58.4 Å². The quantitative estimate of drug-likeness (QED) is 0.876. The van der Waals surface area contributed by atoms with Gasteiger partial charge >= 0.3 is 0 Å². The fraction of sp³-hybridized carbons (Fsp3) is 0.588. The minimum absolute atomic E-state index is 0.0762. The van der Waals surface area contributed by atoms with Gasteiger partial charge in [-0.2, -0.15) is 0 Å². The third-order valence-corrected chi connectivity index (χ3v) is 4.33. The second kappa shape index (κ2) is 8.15. The van der Waals surface area contributed by atoms with Gasteiger partial charge in [0.15, 0.2) is 0 Å². The van der Waals surface area contributed by atoms with Crippen molar-refractivity contribution >= 4 is 11.6 Å². The summed E-state index contributed by atoms with van der Waals surface area (Å²) in [5.41, 5.74) is 7.52. The zero-order valence-corrected chi connectivity index (χ0v) is 13.0. The maximum absolute atomic E-state index is 12.1. The molecule has 1 saturated heterocycles. The molecule has 1 unspecified atom stereocenters. The van der Waals surface area contributed by atoms with E-state index in [1.54, 1.807) is 0 Å². The van der Waals surface area contributed by atoms with Crippen LogP contribution in [0.4, 0.5) is 5.69 Å². The van der Waals surface area contributed by atoms with Crippen LogP contribution in [0.2, 0.25) is 0 Å². The van der Waals surface area contributed by atoms with Gasteiger partial charge in [0.2, 0.25) is 5.91 Å². The Hall–Kier alpha value is -1.39. The minimum Gasteiger partial charge on any atom is -0.326 e. The summed E-state index contributed by atoms with van der Waals surface area (Å²) in [6, 6.07) is 8.32. The van der Waals surface area contributed by atoms with E-state index < -0.39 is 0 Å². The van der Waals surface area contributed by atoms with Gasteiger partial charge in [-0.05, 0) is 37.9 Å². The van der Waals surface area contributed by atoms with Crippen LogP contribution in [0, 0.1) is 0 Å². The van der Waals surface area contributed by atoms with Crippen LogP contribution in [0.1, 0.15) is 44.6 Å². The summed E-state index contributed by atoms with van der Waals surface area (Å²) in [5.74, 6) is 0.0762. The largest absolute Gasteiger partial charge is 0.326 e. The summed E-state index contributed by atoms with van der Waals surface area (Å²) in [6.07, 6.45) is 5.67. The van der Waals surface area contributed by atoms with Gasteiger partial charge in [-0.25, -0.2) is 0 Å². The van der Waals surface area contributed by atoms with Crippen LogP contribution < -0.4 is 11.1 Å². The van der Waals surface area contributed by atoms with Crippen molar-refractivity contribution in [2.24, 2.45) is 5.73 Å². The fourth-order valence-corrected chi connectivity index (χ4v) is 2.94. The van der Waals surface area contributed by atoms with Crippen LogP contribution in [-0.2, 0) is 11.3 Å². The Bertz CT molecular complexity index is 461. The van der Waals surface area contributed by atoms with Gasteiger partial charge in [-0.1, -0.05) is 31.0 Å². The van der Waals surface area contributed by atoms with Crippen molar-refractivity contribution in [2.45, 2.75) is 51.6 Å². The van der Waals surface area contributed by atoms with E-state index in [-0.39, 0.29) is 5.91 Å². The van der Waals surface area contributed by atoms with Gasteiger partial charge in [0.25, 0.3) is 0 Å². The SMILES string of the molecule is CC1CCCCCN1CCC(=O)Nc1ccccc1CN. The van der Waals surface area contributed by atoms with E-state index in [1.165, 1.54) is 25.7 Å². The van der Waals surface area contributed by atoms with Crippen LogP contribution in [0.3, 0.4) is 0 Å². The Morgan fingerprint density at radius 1 is 1.33 bits per heavy atom. The van der Waals surface area contributed by atoms with Crippen LogP contribution >= 0.6 is 0 Å². The maximum atomic E-state index is 12.1. The van der Waals surface area contributed by atoms with E-state index in [0.717, 1.165) is 24.3 Å². The minimum atomic E-state index is 0.0762. The number of nitrogens with zero attached hydrogens (tertiary/aromatic N) is 1. The van der Waals surface area contributed by atoms with Crippen molar-refractivity contribution < 1.29 is 4.79 Å². The number of likely N-dealkylation sites (tertiary alicyclic amines) is 1. The van der Waals surface area contributed by atoms with Gasteiger partial charge in [0.1, 0.15) is 0 Å². The van der Waals surface area contributed by atoms with Crippen molar-refractivity contribution in [2.75, 3.05) is 18.4 Å². The van der Waals surface area contributed by atoms with E-state index >= 15 is 0 Å². The number of hydrogen-bond acceptors (Lipinski definition) is 3. The molecule has 21 heavy (non-hydrogen) atoms. The first-order valence-corrected chi connectivity index (χ1v) is 8.02. The Morgan fingerprint density at radius 3 is 2.95 bits per heavy atom.